The van der Waals surface area contributed by atoms with Crippen molar-refractivity contribution in [3.8, 4) is 11.4 Å². The topological polar surface area (TPSA) is 123 Å². The second kappa shape index (κ2) is 9.78. The van der Waals surface area contributed by atoms with Crippen LogP contribution in [-0.2, 0) is 4.74 Å². The molecule has 1 saturated carbocycles. The number of benzene rings is 1. The van der Waals surface area contributed by atoms with Crippen molar-refractivity contribution in [2.75, 3.05) is 18.1 Å². The number of carbonyl (C=O) groups excluding carboxylic acids is 1. The Morgan fingerprint density at radius 2 is 1.97 bits per heavy atom. The SMILES string of the molecule is CNc1cnccc1C1CC(O)CC2(CC2)O1.Nc1cnc(-c2c(F)cccc2F)nc1C=O. The average Bonchev–Trinajstić information content (AvgIpc) is 3.57. The van der Waals surface area contributed by atoms with E-state index in [9.17, 15) is 18.7 Å². The minimum atomic E-state index is -0.799. The number of nitrogens with two attached hydrogens (primary N) is 1. The molecule has 178 valence electrons. The highest BCUT2D eigenvalue weighted by Gasteiger charge is 2.50. The van der Waals surface area contributed by atoms with Gasteiger partial charge >= 0.3 is 0 Å². The highest BCUT2D eigenvalue weighted by atomic mass is 19.1. The van der Waals surface area contributed by atoms with Crippen LogP contribution in [0.5, 0.6) is 0 Å². The highest BCUT2D eigenvalue weighted by molar-refractivity contribution is 5.80. The number of anilines is 2. The Labute approximate surface area is 195 Å². The lowest BCUT2D eigenvalue weighted by molar-refractivity contribution is -0.113. The van der Waals surface area contributed by atoms with Crippen LogP contribution in [0.3, 0.4) is 0 Å². The maximum absolute atomic E-state index is 13.4. The Morgan fingerprint density at radius 3 is 2.62 bits per heavy atom. The molecule has 0 bridgehead atoms. The predicted molar refractivity (Wildman–Crippen MR) is 122 cm³/mol. The summed E-state index contributed by atoms with van der Waals surface area (Å²) in [6.07, 6.45) is 8.52. The number of aliphatic hydroxyl groups is 1. The van der Waals surface area contributed by atoms with E-state index in [1.54, 1.807) is 12.4 Å². The first-order valence-corrected chi connectivity index (χ1v) is 10.9. The summed E-state index contributed by atoms with van der Waals surface area (Å²) < 4.78 is 33.0. The Hall–Kier alpha value is -3.50. The summed E-state index contributed by atoms with van der Waals surface area (Å²) in [6.45, 7) is 0. The number of nitrogen functional groups attached to an aromatic ring is 1. The number of aromatic nitrogens is 3. The number of pyridine rings is 1. The Morgan fingerprint density at radius 1 is 1.24 bits per heavy atom. The van der Waals surface area contributed by atoms with Crippen molar-refractivity contribution in [3.05, 3.63) is 65.7 Å². The van der Waals surface area contributed by atoms with Crippen LogP contribution in [0.1, 0.15) is 47.8 Å². The molecule has 1 aromatic carbocycles. The molecule has 2 aliphatic rings. The van der Waals surface area contributed by atoms with Gasteiger partial charge in [-0.05, 0) is 31.0 Å². The van der Waals surface area contributed by atoms with Gasteiger partial charge in [-0.3, -0.25) is 9.78 Å². The third-order valence-electron chi connectivity index (χ3n) is 5.91. The second-order valence-corrected chi connectivity index (χ2v) is 8.34. The minimum Gasteiger partial charge on any atom is -0.396 e. The van der Waals surface area contributed by atoms with E-state index in [0.29, 0.717) is 12.7 Å². The van der Waals surface area contributed by atoms with Crippen molar-refractivity contribution in [2.45, 2.75) is 43.5 Å². The molecule has 2 aromatic heterocycles. The van der Waals surface area contributed by atoms with Gasteiger partial charge in [0.25, 0.3) is 0 Å². The van der Waals surface area contributed by atoms with Crippen molar-refractivity contribution in [1.82, 2.24) is 15.0 Å². The average molecular weight is 469 g/mol. The molecule has 5 rings (SSSR count). The van der Waals surface area contributed by atoms with Crippen molar-refractivity contribution in [3.63, 3.8) is 0 Å². The van der Waals surface area contributed by atoms with E-state index in [4.69, 9.17) is 10.5 Å². The fourth-order valence-corrected chi connectivity index (χ4v) is 4.04. The molecule has 10 heteroatoms. The molecule has 0 radical (unpaired) electrons. The number of aliphatic hydroxyl groups excluding tert-OH is 1. The first-order valence-electron chi connectivity index (χ1n) is 10.9. The largest absolute Gasteiger partial charge is 0.396 e. The van der Waals surface area contributed by atoms with E-state index in [2.05, 4.69) is 20.3 Å². The van der Waals surface area contributed by atoms with Crippen LogP contribution in [0.4, 0.5) is 20.2 Å². The molecule has 1 aliphatic carbocycles. The lowest BCUT2D eigenvalue weighted by Gasteiger charge is -2.34. The van der Waals surface area contributed by atoms with Crippen LogP contribution in [0.15, 0.2) is 42.9 Å². The molecule has 8 nitrogen and oxygen atoms in total. The summed E-state index contributed by atoms with van der Waals surface area (Å²) in [5.74, 6) is -1.81. The molecule has 34 heavy (non-hydrogen) atoms. The molecule has 0 amide bonds. The van der Waals surface area contributed by atoms with Gasteiger partial charge in [-0.15, -0.1) is 0 Å². The Balaban J connectivity index is 0.000000161. The Bertz CT molecular complexity index is 1170. The van der Waals surface area contributed by atoms with Crippen LogP contribution in [0.25, 0.3) is 11.4 Å². The van der Waals surface area contributed by atoms with Crippen LogP contribution in [0.2, 0.25) is 0 Å². The summed E-state index contributed by atoms with van der Waals surface area (Å²) in [5.41, 5.74) is 7.05. The summed E-state index contributed by atoms with van der Waals surface area (Å²) in [7, 11) is 1.88. The predicted octanol–water partition coefficient (Wildman–Crippen LogP) is 3.68. The molecule has 2 unspecified atom stereocenters. The molecule has 1 aliphatic heterocycles. The molecule has 2 atom stereocenters. The third kappa shape index (κ3) is 5.02. The first-order chi connectivity index (χ1) is 16.4. The van der Waals surface area contributed by atoms with E-state index >= 15 is 0 Å². The van der Waals surface area contributed by atoms with Gasteiger partial charge in [-0.1, -0.05) is 6.07 Å². The first kappa shape index (κ1) is 23.7. The number of carbonyl (C=O) groups is 1. The van der Waals surface area contributed by atoms with Gasteiger partial charge in [0.15, 0.2) is 12.1 Å². The van der Waals surface area contributed by atoms with Crippen molar-refractivity contribution in [1.29, 1.82) is 0 Å². The summed E-state index contributed by atoms with van der Waals surface area (Å²) in [4.78, 5) is 22.1. The maximum Gasteiger partial charge on any atom is 0.170 e. The number of nitrogens with zero attached hydrogens (tertiary/aromatic N) is 3. The van der Waals surface area contributed by atoms with E-state index in [1.807, 2.05) is 13.1 Å². The molecule has 2 fully saturated rings. The molecule has 1 spiro atoms. The zero-order valence-corrected chi connectivity index (χ0v) is 18.5. The van der Waals surface area contributed by atoms with Gasteiger partial charge in [-0.25, -0.2) is 18.7 Å². The molecule has 3 heterocycles. The minimum absolute atomic E-state index is 0.00769. The van der Waals surface area contributed by atoms with Gasteiger partial charge in [0, 0.05) is 31.6 Å². The van der Waals surface area contributed by atoms with E-state index in [1.165, 1.54) is 6.07 Å². The molecular formula is C24H25F2N5O3. The van der Waals surface area contributed by atoms with Gasteiger partial charge in [0.05, 0.1) is 47.1 Å². The quantitative estimate of drug-likeness (QED) is 0.495. The molecule has 4 N–H and O–H groups in total. The number of aldehydes is 1. The highest BCUT2D eigenvalue weighted by Crippen LogP contribution is 2.52. The lowest BCUT2D eigenvalue weighted by atomic mass is 9.94. The normalized spacial score (nSPS) is 20.2. The van der Waals surface area contributed by atoms with Crippen molar-refractivity contribution in [2.24, 2.45) is 0 Å². The van der Waals surface area contributed by atoms with E-state index in [0.717, 1.165) is 48.8 Å². The molecular weight excluding hydrogens is 444 g/mol. The van der Waals surface area contributed by atoms with Gasteiger partial charge in [0.2, 0.25) is 0 Å². The van der Waals surface area contributed by atoms with Crippen LogP contribution in [-0.4, -0.2) is 45.1 Å². The zero-order chi connectivity index (χ0) is 24.3. The van der Waals surface area contributed by atoms with Crippen molar-refractivity contribution >= 4 is 17.7 Å². The van der Waals surface area contributed by atoms with E-state index in [-0.39, 0.29) is 40.6 Å². The van der Waals surface area contributed by atoms with E-state index < -0.39 is 11.6 Å². The van der Waals surface area contributed by atoms with Crippen LogP contribution >= 0.6 is 0 Å². The fraction of sp³-hybridized carbons (Fsp3) is 0.333. The van der Waals surface area contributed by atoms with Crippen LogP contribution < -0.4 is 11.1 Å². The molecule has 3 aromatic rings. The van der Waals surface area contributed by atoms with Gasteiger partial charge < -0.3 is 20.9 Å². The number of hydrogen-bond acceptors (Lipinski definition) is 8. The standard InChI is InChI=1S/C13H18N2O2.C11H7F2N3O/c1-14-11-8-15-5-2-10(11)12-6-9(16)7-13(17-12)3-4-13;12-6-2-1-3-7(13)10(6)11-15-4-8(14)9(5-17)16-11/h2,5,8-9,12,14,16H,3-4,6-7H2,1H3;1-5H,14H2. The smallest absolute Gasteiger partial charge is 0.170 e. The maximum atomic E-state index is 13.4. The summed E-state index contributed by atoms with van der Waals surface area (Å²) in [6, 6.07) is 5.37. The monoisotopic (exact) mass is 469 g/mol. The third-order valence-corrected chi connectivity index (χ3v) is 5.91. The number of hydrogen-bond donors (Lipinski definition) is 3. The Kier molecular flexibility index (Phi) is 6.80. The van der Waals surface area contributed by atoms with Crippen LogP contribution in [0, 0.1) is 11.6 Å². The molecule has 1 saturated heterocycles. The summed E-state index contributed by atoms with van der Waals surface area (Å²) in [5, 5.41) is 13.1. The number of nitrogens with one attached hydrogen (secondary N) is 1. The summed E-state index contributed by atoms with van der Waals surface area (Å²) >= 11 is 0. The number of rotatable bonds is 4. The number of ether oxygens (including phenoxy) is 1. The van der Waals surface area contributed by atoms with Crippen molar-refractivity contribution < 1.29 is 23.4 Å². The second-order valence-electron chi connectivity index (χ2n) is 8.34. The lowest BCUT2D eigenvalue weighted by Crippen LogP contribution is -2.33. The zero-order valence-electron chi connectivity index (χ0n) is 18.5. The fourth-order valence-electron chi connectivity index (χ4n) is 4.04. The van der Waals surface area contributed by atoms with Gasteiger partial charge in [0.1, 0.15) is 17.3 Å². The van der Waals surface area contributed by atoms with Gasteiger partial charge in [-0.2, -0.15) is 0 Å². The number of halogens is 2.